The lowest BCUT2D eigenvalue weighted by molar-refractivity contribution is -0.384. The molecule has 19 heavy (non-hydrogen) atoms. The average molecular weight is 265 g/mol. The quantitative estimate of drug-likeness (QED) is 0.444. The molecular formula is C10H11N5O4. The van der Waals surface area contributed by atoms with Crippen LogP contribution in [0.4, 0.5) is 5.69 Å². The smallest absolute Gasteiger partial charge is 0.327 e. The van der Waals surface area contributed by atoms with Gasteiger partial charge in [-0.15, -0.1) is 0 Å². The molecule has 0 saturated carbocycles. The molecule has 0 aliphatic carbocycles. The van der Waals surface area contributed by atoms with Crippen molar-refractivity contribution in [3.8, 4) is 5.69 Å². The Morgan fingerprint density at radius 2 is 2.21 bits per heavy atom. The topological polar surface area (TPSA) is 105 Å². The minimum absolute atomic E-state index is 0.0167. The Hall–Kier alpha value is -2.71. The van der Waals surface area contributed by atoms with Crippen molar-refractivity contribution in [1.29, 1.82) is 0 Å². The van der Waals surface area contributed by atoms with Crippen LogP contribution in [0.5, 0.6) is 0 Å². The summed E-state index contributed by atoms with van der Waals surface area (Å²) in [4.78, 5) is 21.3. The van der Waals surface area contributed by atoms with Gasteiger partial charge >= 0.3 is 11.7 Å². The van der Waals surface area contributed by atoms with Gasteiger partial charge in [-0.1, -0.05) is 0 Å². The fourth-order valence-electron chi connectivity index (χ4n) is 1.45. The van der Waals surface area contributed by atoms with Crippen LogP contribution in [0.25, 0.3) is 5.69 Å². The van der Waals surface area contributed by atoms with Gasteiger partial charge in [0.1, 0.15) is 24.6 Å². The SMILES string of the molecule is CCOC(=O)Cn1cc(-n2cc([N+](=O)[O-])cn2)cn1. The first kappa shape index (κ1) is 12.7. The van der Waals surface area contributed by atoms with E-state index in [1.54, 1.807) is 13.1 Å². The van der Waals surface area contributed by atoms with Crippen molar-refractivity contribution >= 4 is 11.7 Å². The fraction of sp³-hybridized carbons (Fsp3) is 0.300. The number of aromatic nitrogens is 4. The molecule has 0 spiro atoms. The van der Waals surface area contributed by atoms with Crippen molar-refractivity contribution in [1.82, 2.24) is 19.6 Å². The van der Waals surface area contributed by atoms with E-state index in [4.69, 9.17) is 4.74 Å². The van der Waals surface area contributed by atoms with Crippen molar-refractivity contribution < 1.29 is 14.5 Å². The largest absolute Gasteiger partial charge is 0.465 e. The van der Waals surface area contributed by atoms with Gasteiger partial charge in [0.2, 0.25) is 0 Å². The molecule has 2 heterocycles. The number of hydrogen-bond acceptors (Lipinski definition) is 6. The summed E-state index contributed by atoms with van der Waals surface area (Å²) in [6.45, 7) is 2.00. The predicted molar refractivity (Wildman–Crippen MR) is 62.6 cm³/mol. The highest BCUT2D eigenvalue weighted by Gasteiger charge is 2.12. The van der Waals surface area contributed by atoms with Crippen LogP contribution in [-0.2, 0) is 16.1 Å². The van der Waals surface area contributed by atoms with Crippen LogP contribution in [-0.4, -0.2) is 37.1 Å². The summed E-state index contributed by atoms with van der Waals surface area (Å²) in [7, 11) is 0. The number of ether oxygens (including phenoxy) is 1. The first-order chi connectivity index (χ1) is 9.10. The Morgan fingerprint density at radius 1 is 1.42 bits per heavy atom. The van der Waals surface area contributed by atoms with Gasteiger partial charge in [0.05, 0.1) is 23.9 Å². The molecule has 2 aromatic heterocycles. The van der Waals surface area contributed by atoms with E-state index in [0.717, 1.165) is 6.20 Å². The Bertz CT molecular complexity index is 603. The third kappa shape index (κ3) is 2.94. The Morgan fingerprint density at radius 3 is 2.84 bits per heavy atom. The maximum Gasteiger partial charge on any atom is 0.327 e. The first-order valence-electron chi connectivity index (χ1n) is 5.47. The molecule has 9 heteroatoms. The number of nitro groups is 1. The molecule has 0 fully saturated rings. The molecule has 100 valence electrons. The molecule has 9 nitrogen and oxygen atoms in total. The van der Waals surface area contributed by atoms with E-state index in [1.165, 1.54) is 21.8 Å². The lowest BCUT2D eigenvalue weighted by Crippen LogP contribution is -2.13. The van der Waals surface area contributed by atoms with Crippen molar-refractivity contribution in [2.24, 2.45) is 0 Å². The number of hydrogen-bond donors (Lipinski definition) is 0. The van der Waals surface area contributed by atoms with Crippen molar-refractivity contribution in [2.45, 2.75) is 13.5 Å². The molecule has 0 unspecified atom stereocenters. The van der Waals surface area contributed by atoms with Crippen LogP contribution in [0, 0.1) is 10.1 Å². The Kier molecular flexibility index (Phi) is 3.55. The van der Waals surface area contributed by atoms with Crippen molar-refractivity contribution in [3.63, 3.8) is 0 Å². The summed E-state index contributed by atoms with van der Waals surface area (Å²) in [5.41, 5.74) is 0.413. The van der Waals surface area contributed by atoms with E-state index >= 15 is 0 Å². The standard InChI is InChI=1S/C10H11N5O4/c1-2-19-10(16)7-13-5-8(3-11-13)14-6-9(4-12-14)15(17)18/h3-6H,2,7H2,1H3. The van der Waals surface area contributed by atoms with Gasteiger partial charge in [-0.05, 0) is 6.92 Å². The third-order valence-corrected chi connectivity index (χ3v) is 2.26. The van der Waals surface area contributed by atoms with Crippen LogP contribution >= 0.6 is 0 Å². The lowest BCUT2D eigenvalue weighted by Gasteiger charge is -2.00. The first-order valence-corrected chi connectivity index (χ1v) is 5.47. The number of rotatable bonds is 5. The minimum atomic E-state index is -0.535. The van der Waals surface area contributed by atoms with Gasteiger partial charge in [-0.3, -0.25) is 19.6 Å². The van der Waals surface area contributed by atoms with Crippen LogP contribution in [0.2, 0.25) is 0 Å². The van der Waals surface area contributed by atoms with Gasteiger partial charge in [0.25, 0.3) is 0 Å². The van der Waals surface area contributed by atoms with Crippen LogP contribution < -0.4 is 0 Å². The Labute approximate surface area is 107 Å². The third-order valence-electron chi connectivity index (χ3n) is 2.26. The van der Waals surface area contributed by atoms with Gasteiger partial charge in [0.15, 0.2) is 0 Å². The summed E-state index contributed by atoms with van der Waals surface area (Å²) >= 11 is 0. The van der Waals surface area contributed by atoms with Gasteiger partial charge in [0, 0.05) is 0 Å². The van der Waals surface area contributed by atoms with Gasteiger partial charge in [-0.25, -0.2) is 4.68 Å². The normalized spacial score (nSPS) is 10.4. The highest BCUT2D eigenvalue weighted by Crippen LogP contribution is 2.12. The van der Waals surface area contributed by atoms with Crippen LogP contribution in [0.3, 0.4) is 0 Å². The van der Waals surface area contributed by atoms with E-state index in [9.17, 15) is 14.9 Å². The summed E-state index contributed by atoms with van der Waals surface area (Å²) in [5, 5.41) is 18.3. The maximum atomic E-state index is 11.3. The average Bonchev–Trinajstić information content (AvgIpc) is 2.96. The fourth-order valence-corrected chi connectivity index (χ4v) is 1.45. The monoisotopic (exact) mass is 265 g/mol. The molecule has 0 aromatic carbocycles. The number of esters is 1. The van der Waals surface area contributed by atoms with E-state index in [1.807, 2.05) is 0 Å². The molecule has 2 aromatic rings. The second-order valence-corrected chi connectivity index (χ2v) is 3.60. The zero-order chi connectivity index (χ0) is 13.8. The van der Waals surface area contributed by atoms with Crippen molar-refractivity contribution in [2.75, 3.05) is 6.61 Å². The van der Waals surface area contributed by atoms with E-state index in [0.29, 0.717) is 12.3 Å². The Balaban J connectivity index is 2.11. The summed E-state index contributed by atoms with van der Waals surface area (Å²) in [5.74, 6) is -0.399. The number of nitrogens with zero attached hydrogens (tertiary/aromatic N) is 5. The molecule has 0 amide bonds. The zero-order valence-electron chi connectivity index (χ0n) is 10.1. The summed E-state index contributed by atoms with van der Waals surface area (Å²) in [6, 6.07) is 0. The lowest BCUT2D eigenvalue weighted by atomic mass is 10.5. The highest BCUT2D eigenvalue weighted by atomic mass is 16.6. The molecule has 0 N–H and O–H groups in total. The predicted octanol–water partition coefficient (Wildman–Crippen LogP) is 0.540. The molecule has 0 radical (unpaired) electrons. The van der Waals surface area contributed by atoms with Crippen LogP contribution in [0.15, 0.2) is 24.8 Å². The molecule has 0 bridgehead atoms. The summed E-state index contributed by atoms with van der Waals surface area (Å²) in [6.07, 6.45) is 5.41. The van der Waals surface area contributed by atoms with Gasteiger partial charge < -0.3 is 4.74 Å². The van der Waals surface area contributed by atoms with E-state index < -0.39 is 10.9 Å². The molecule has 0 aliphatic rings. The molecule has 0 saturated heterocycles. The molecule has 2 rings (SSSR count). The number of carbonyl (C=O) groups excluding carboxylic acids is 1. The second kappa shape index (κ2) is 5.29. The van der Waals surface area contributed by atoms with Gasteiger partial charge in [-0.2, -0.15) is 10.2 Å². The van der Waals surface area contributed by atoms with Crippen molar-refractivity contribution in [3.05, 3.63) is 34.9 Å². The maximum absolute atomic E-state index is 11.3. The molecular weight excluding hydrogens is 254 g/mol. The van der Waals surface area contributed by atoms with Crippen LogP contribution in [0.1, 0.15) is 6.92 Å². The van der Waals surface area contributed by atoms with E-state index in [2.05, 4.69) is 10.2 Å². The molecule has 0 atom stereocenters. The summed E-state index contributed by atoms with van der Waals surface area (Å²) < 4.78 is 7.47. The van der Waals surface area contributed by atoms with E-state index in [-0.39, 0.29) is 12.2 Å². The zero-order valence-corrected chi connectivity index (χ0v) is 10.1. The molecule has 0 aliphatic heterocycles. The second-order valence-electron chi connectivity index (χ2n) is 3.60. The minimum Gasteiger partial charge on any atom is -0.465 e. The highest BCUT2D eigenvalue weighted by molar-refractivity contribution is 5.69. The number of carbonyl (C=O) groups is 1.